The number of piperazine rings is 1. The van der Waals surface area contributed by atoms with Gasteiger partial charge in [0.2, 0.25) is 21.8 Å². The molecule has 0 radical (unpaired) electrons. The molecule has 1 N–H and O–H groups in total. The summed E-state index contributed by atoms with van der Waals surface area (Å²) < 4.78 is 26.7. The van der Waals surface area contributed by atoms with Crippen LogP contribution in [0.1, 0.15) is 25.3 Å². The van der Waals surface area contributed by atoms with Crippen LogP contribution in [0.5, 0.6) is 0 Å². The summed E-state index contributed by atoms with van der Waals surface area (Å²) in [6.45, 7) is 1.23. The zero-order chi connectivity index (χ0) is 19.6. The molecule has 0 bridgehead atoms. The maximum Gasteiger partial charge on any atom is 0.243 e. The Bertz CT molecular complexity index is 840. The fourth-order valence-corrected chi connectivity index (χ4v) is 5.15. The quantitative estimate of drug-likeness (QED) is 0.727. The average Bonchev–Trinajstić information content (AvgIpc) is 3.05. The van der Waals surface area contributed by atoms with E-state index in [4.69, 9.17) is 0 Å². The van der Waals surface area contributed by atoms with Crippen LogP contribution in [0.4, 0.5) is 0 Å². The van der Waals surface area contributed by atoms with Gasteiger partial charge in [-0.15, -0.1) is 0 Å². The molecule has 0 saturated carbocycles. The highest BCUT2D eigenvalue weighted by atomic mass is 32.2. The maximum atomic E-state index is 12.7. The molecule has 0 aliphatic carbocycles. The smallest absolute Gasteiger partial charge is 0.243 e. The molecule has 0 aromatic heterocycles. The molecule has 1 aromatic rings. The van der Waals surface area contributed by atoms with Crippen LogP contribution in [0, 0.1) is 0 Å². The molecule has 9 heteroatoms. The Morgan fingerprint density at radius 3 is 2.56 bits per heavy atom. The second kappa shape index (κ2) is 7.77. The van der Waals surface area contributed by atoms with Crippen molar-refractivity contribution in [2.75, 3.05) is 19.6 Å². The summed E-state index contributed by atoms with van der Waals surface area (Å²) >= 11 is 0. The number of nitrogens with zero attached hydrogens (tertiary/aromatic N) is 2. The maximum absolute atomic E-state index is 12.7. The van der Waals surface area contributed by atoms with Crippen LogP contribution in [0.3, 0.4) is 0 Å². The standard InChI is InChI=1S/C18H23N3O5S/c1-13(22)9-19-18(24)16-8-7-15-10-20(11-17(23)21(15)16)27(25,26)12-14-5-3-2-4-6-14/h2-6,15-16H,7-12H2,1H3,(H,19,24). The number of rotatable bonds is 6. The van der Waals surface area contributed by atoms with Gasteiger partial charge in [-0.05, 0) is 25.3 Å². The molecule has 0 spiro atoms. The predicted octanol–water partition coefficient (Wildman–Crippen LogP) is -0.103. The van der Waals surface area contributed by atoms with Crippen LogP contribution >= 0.6 is 0 Å². The summed E-state index contributed by atoms with van der Waals surface area (Å²) in [6, 6.07) is 7.88. The largest absolute Gasteiger partial charge is 0.347 e. The molecule has 1 aromatic carbocycles. The van der Waals surface area contributed by atoms with Crippen LogP contribution in [0.25, 0.3) is 0 Å². The van der Waals surface area contributed by atoms with Gasteiger partial charge < -0.3 is 10.2 Å². The van der Waals surface area contributed by atoms with Gasteiger partial charge in [-0.2, -0.15) is 4.31 Å². The number of Topliss-reactive ketones (excluding diaryl/α,β-unsaturated/α-hetero) is 1. The Morgan fingerprint density at radius 2 is 1.89 bits per heavy atom. The Labute approximate surface area is 158 Å². The monoisotopic (exact) mass is 393 g/mol. The SMILES string of the molecule is CC(=O)CNC(=O)C1CCC2CN(S(=O)(=O)Cc3ccccc3)CC(=O)N21. The van der Waals surface area contributed by atoms with E-state index < -0.39 is 16.1 Å². The van der Waals surface area contributed by atoms with Gasteiger partial charge in [-0.3, -0.25) is 14.4 Å². The van der Waals surface area contributed by atoms with E-state index in [2.05, 4.69) is 5.32 Å². The van der Waals surface area contributed by atoms with E-state index in [1.54, 1.807) is 24.3 Å². The van der Waals surface area contributed by atoms with Crippen molar-refractivity contribution in [2.24, 2.45) is 0 Å². The number of ketones is 1. The fraction of sp³-hybridized carbons (Fsp3) is 0.500. The van der Waals surface area contributed by atoms with Crippen LogP contribution in [0.15, 0.2) is 30.3 Å². The topological polar surface area (TPSA) is 104 Å². The number of amides is 2. The second-order valence-corrected chi connectivity index (χ2v) is 8.97. The lowest BCUT2D eigenvalue weighted by Crippen LogP contribution is -2.59. The first-order valence-electron chi connectivity index (χ1n) is 8.88. The summed E-state index contributed by atoms with van der Waals surface area (Å²) in [7, 11) is -3.63. The Balaban J connectivity index is 1.68. The van der Waals surface area contributed by atoms with E-state index in [1.165, 1.54) is 16.1 Å². The number of hydrogen-bond acceptors (Lipinski definition) is 5. The Hall–Kier alpha value is -2.26. The number of benzene rings is 1. The molecule has 146 valence electrons. The lowest BCUT2D eigenvalue weighted by Gasteiger charge is -2.38. The van der Waals surface area contributed by atoms with Crippen LogP contribution in [-0.2, 0) is 30.2 Å². The first-order chi connectivity index (χ1) is 12.8. The van der Waals surface area contributed by atoms with E-state index in [1.807, 2.05) is 6.07 Å². The Morgan fingerprint density at radius 1 is 1.19 bits per heavy atom. The van der Waals surface area contributed by atoms with Gasteiger partial charge in [0.15, 0.2) is 0 Å². The molecular formula is C18H23N3O5S. The molecule has 27 heavy (non-hydrogen) atoms. The van der Waals surface area contributed by atoms with Crippen molar-refractivity contribution in [3.8, 4) is 0 Å². The van der Waals surface area contributed by atoms with Crippen molar-refractivity contribution in [1.29, 1.82) is 0 Å². The number of carbonyl (C=O) groups is 3. The fourth-order valence-electron chi connectivity index (χ4n) is 3.65. The first-order valence-corrected chi connectivity index (χ1v) is 10.5. The Kier molecular flexibility index (Phi) is 5.61. The lowest BCUT2D eigenvalue weighted by molar-refractivity contribution is -0.143. The normalized spacial score (nSPS) is 23.1. The number of fused-ring (bicyclic) bond motifs is 1. The molecule has 2 amide bonds. The van der Waals surface area contributed by atoms with E-state index in [0.717, 1.165) is 0 Å². The van der Waals surface area contributed by atoms with Crippen molar-refractivity contribution in [3.05, 3.63) is 35.9 Å². The van der Waals surface area contributed by atoms with Crippen LogP contribution in [0.2, 0.25) is 0 Å². The third-order valence-corrected chi connectivity index (χ3v) is 6.68. The number of sulfonamides is 1. The van der Waals surface area contributed by atoms with Crippen molar-refractivity contribution < 1.29 is 22.8 Å². The molecule has 2 atom stereocenters. The zero-order valence-corrected chi connectivity index (χ0v) is 15.9. The minimum atomic E-state index is -3.63. The van der Waals surface area contributed by atoms with Gasteiger partial charge in [-0.1, -0.05) is 30.3 Å². The van der Waals surface area contributed by atoms with Crippen molar-refractivity contribution in [2.45, 2.75) is 37.6 Å². The average molecular weight is 393 g/mol. The van der Waals surface area contributed by atoms with Crippen LogP contribution < -0.4 is 5.32 Å². The summed E-state index contributed by atoms with van der Waals surface area (Å²) in [5.41, 5.74) is 0.667. The minimum absolute atomic E-state index is 0.0698. The van der Waals surface area contributed by atoms with Crippen molar-refractivity contribution in [1.82, 2.24) is 14.5 Å². The highest BCUT2D eigenvalue weighted by Gasteiger charge is 2.46. The summed E-state index contributed by atoms with van der Waals surface area (Å²) in [4.78, 5) is 37.4. The molecule has 2 heterocycles. The molecule has 3 rings (SSSR count). The molecule has 2 unspecified atom stereocenters. The van der Waals surface area contributed by atoms with Gasteiger partial charge in [0.05, 0.1) is 18.8 Å². The van der Waals surface area contributed by atoms with E-state index in [-0.39, 0.29) is 49.0 Å². The zero-order valence-electron chi connectivity index (χ0n) is 15.1. The third-order valence-electron chi connectivity index (χ3n) is 4.92. The van der Waals surface area contributed by atoms with Gasteiger partial charge in [0.25, 0.3) is 0 Å². The molecule has 2 fully saturated rings. The van der Waals surface area contributed by atoms with E-state index >= 15 is 0 Å². The van der Waals surface area contributed by atoms with Crippen LogP contribution in [-0.4, -0.2) is 66.9 Å². The lowest BCUT2D eigenvalue weighted by atomic mass is 10.2. The van der Waals surface area contributed by atoms with E-state index in [9.17, 15) is 22.8 Å². The second-order valence-electron chi connectivity index (χ2n) is 7.00. The molecule has 2 aliphatic heterocycles. The van der Waals surface area contributed by atoms with Gasteiger partial charge >= 0.3 is 0 Å². The predicted molar refractivity (Wildman–Crippen MR) is 98.0 cm³/mol. The highest BCUT2D eigenvalue weighted by Crippen LogP contribution is 2.30. The molecule has 2 aliphatic rings. The van der Waals surface area contributed by atoms with Gasteiger partial charge in [-0.25, -0.2) is 8.42 Å². The summed E-state index contributed by atoms with van der Waals surface area (Å²) in [5.74, 6) is -1.05. The number of carbonyl (C=O) groups excluding carboxylic acids is 3. The summed E-state index contributed by atoms with van der Waals surface area (Å²) in [6.07, 6.45) is 1.02. The minimum Gasteiger partial charge on any atom is -0.347 e. The van der Waals surface area contributed by atoms with Gasteiger partial charge in [0.1, 0.15) is 11.8 Å². The number of nitrogens with one attached hydrogen (secondary N) is 1. The molecular weight excluding hydrogens is 370 g/mol. The summed E-state index contributed by atoms with van der Waals surface area (Å²) in [5, 5.41) is 2.54. The van der Waals surface area contributed by atoms with E-state index in [0.29, 0.717) is 18.4 Å². The van der Waals surface area contributed by atoms with Crippen molar-refractivity contribution in [3.63, 3.8) is 0 Å². The van der Waals surface area contributed by atoms with Gasteiger partial charge in [0, 0.05) is 12.6 Å². The molecule has 8 nitrogen and oxygen atoms in total. The first kappa shape index (κ1) is 19.5. The van der Waals surface area contributed by atoms with Crippen molar-refractivity contribution >= 4 is 27.6 Å². The number of hydrogen-bond donors (Lipinski definition) is 1. The third kappa shape index (κ3) is 4.36. The molecule has 2 saturated heterocycles. The highest BCUT2D eigenvalue weighted by molar-refractivity contribution is 7.88.